The maximum absolute atomic E-state index is 12.1. The maximum atomic E-state index is 12.1. The summed E-state index contributed by atoms with van der Waals surface area (Å²) in [5.41, 5.74) is 0.0847. The van der Waals surface area contributed by atoms with E-state index in [0.29, 0.717) is 17.4 Å². The van der Waals surface area contributed by atoms with E-state index in [1.165, 1.54) is 23.1 Å². The van der Waals surface area contributed by atoms with E-state index in [9.17, 15) is 9.59 Å². The van der Waals surface area contributed by atoms with Crippen molar-refractivity contribution in [2.45, 2.75) is 4.21 Å². The van der Waals surface area contributed by atoms with E-state index in [0.717, 1.165) is 8.91 Å². The van der Waals surface area contributed by atoms with Crippen LogP contribution in [0.1, 0.15) is 10.4 Å². The predicted molar refractivity (Wildman–Crippen MR) is 74.4 cm³/mol. The van der Waals surface area contributed by atoms with E-state index in [1.54, 1.807) is 12.1 Å². The van der Waals surface area contributed by atoms with Crippen molar-refractivity contribution in [3.05, 3.63) is 52.7 Å². The summed E-state index contributed by atoms with van der Waals surface area (Å²) in [4.78, 5) is 23.1. The average Bonchev–Trinajstić information content (AvgIpc) is 2.36. The molecule has 17 heavy (non-hydrogen) atoms. The lowest BCUT2D eigenvalue weighted by Gasteiger charge is -2.03. The number of hydrogen-bond donors (Lipinski definition) is 0. The molecule has 0 fully saturated rings. The minimum atomic E-state index is -0.180. The molecule has 2 nitrogen and oxygen atoms in total. The van der Waals surface area contributed by atoms with Crippen LogP contribution in [0.3, 0.4) is 0 Å². The average molecular weight is 262 g/mol. The first-order chi connectivity index (χ1) is 8.27. The highest BCUT2D eigenvalue weighted by Gasteiger charge is 2.11. The molecule has 0 unspecified atom stereocenters. The van der Waals surface area contributed by atoms with Gasteiger partial charge in [-0.25, -0.2) is 0 Å². The number of fused-ring (bicyclic) bond motifs is 1. The molecule has 0 N–H and O–H groups in total. The zero-order valence-electron chi connectivity index (χ0n) is 9.01. The molecular weight excluding hydrogens is 252 g/mol. The van der Waals surface area contributed by atoms with Gasteiger partial charge in [0.05, 0.1) is 9.77 Å². The zero-order valence-corrected chi connectivity index (χ0v) is 10.6. The van der Waals surface area contributed by atoms with E-state index in [-0.39, 0.29) is 11.0 Å². The van der Waals surface area contributed by atoms with Crippen molar-refractivity contribution in [2.75, 3.05) is 5.75 Å². The molecule has 0 saturated heterocycles. The summed E-state index contributed by atoms with van der Waals surface area (Å²) in [5.74, 6) is 0.690. The Balaban J connectivity index is 2.70. The molecule has 2 aromatic rings. The van der Waals surface area contributed by atoms with E-state index in [4.69, 9.17) is 0 Å². The van der Waals surface area contributed by atoms with Crippen molar-refractivity contribution in [1.29, 1.82) is 0 Å². The van der Waals surface area contributed by atoms with E-state index in [1.807, 2.05) is 18.2 Å². The molecule has 0 spiro atoms. The molecule has 0 amide bonds. The number of thioether (sulfide) groups is 1. The SMILES string of the molecule is C=CCSc1sc2ccccc2c(=O)c1C=O. The Labute approximate surface area is 107 Å². The molecule has 4 heteroatoms. The van der Waals surface area contributed by atoms with Crippen LogP contribution in [0.4, 0.5) is 0 Å². The summed E-state index contributed by atoms with van der Waals surface area (Å²) in [6, 6.07) is 7.35. The second-order valence-corrected chi connectivity index (χ2v) is 5.69. The number of carbonyl (C=O) groups excluding carboxylic acids is 1. The number of benzene rings is 1. The van der Waals surface area contributed by atoms with Crippen LogP contribution in [0.2, 0.25) is 0 Å². The normalized spacial score (nSPS) is 10.4. The van der Waals surface area contributed by atoms with Crippen LogP contribution < -0.4 is 5.43 Å². The molecule has 1 aromatic heterocycles. The van der Waals surface area contributed by atoms with E-state index < -0.39 is 0 Å². The van der Waals surface area contributed by atoms with Gasteiger partial charge in [-0.15, -0.1) is 29.7 Å². The Morgan fingerprint density at radius 3 is 2.82 bits per heavy atom. The van der Waals surface area contributed by atoms with Crippen molar-refractivity contribution in [2.24, 2.45) is 0 Å². The Morgan fingerprint density at radius 1 is 1.35 bits per heavy atom. The molecule has 0 aliphatic carbocycles. The molecule has 0 radical (unpaired) electrons. The zero-order chi connectivity index (χ0) is 12.3. The maximum Gasteiger partial charge on any atom is 0.199 e. The summed E-state index contributed by atoms with van der Waals surface area (Å²) in [7, 11) is 0. The number of carbonyl (C=O) groups is 1. The largest absolute Gasteiger partial charge is 0.298 e. The van der Waals surface area contributed by atoms with Gasteiger partial charge in [-0.1, -0.05) is 18.2 Å². The van der Waals surface area contributed by atoms with Crippen molar-refractivity contribution in [1.82, 2.24) is 0 Å². The third kappa shape index (κ3) is 2.33. The lowest BCUT2D eigenvalue weighted by atomic mass is 10.2. The lowest BCUT2D eigenvalue weighted by Crippen LogP contribution is -2.08. The van der Waals surface area contributed by atoms with Gasteiger partial charge in [-0.2, -0.15) is 0 Å². The quantitative estimate of drug-likeness (QED) is 0.481. The summed E-state index contributed by atoms with van der Waals surface area (Å²) in [5, 5.41) is 0.613. The second-order valence-electron chi connectivity index (χ2n) is 3.35. The molecule has 2 rings (SSSR count). The van der Waals surface area contributed by atoms with Gasteiger partial charge in [-0.05, 0) is 12.1 Å². The minimum Gasteiger partial charge on any atom is -0.298 e. The standard InChI is InChI=1S/C13H10O2S2/c1-2-7-16-13-10(8-14)12(15)9-5-3-4-6-11(9)17-13/h2-6,8H,1,7H2. The second kappa shape index (κ2) is 5.29. The van der Waals surface area contributed by atoms with Crippen LogP contribution in [0, 0.1) is 0 Å². The highest BCUT2D eigenvalue weighted by molar-refractivity contribution is 8.01. The van der Waals surface area contributed by atoms with Crippen LogP contribution in [-0.2, 0) is 0 Å². The van der Waals surface area contributed by atoms with Crippen LogP contribution in [0.25, 0.3) is 10.1 Å². The number of rotatable bonds is 4. The van der Waals surface area contributed by atoms with Gasteiger partial charge >= 0.3 is 0 Å². The molecule has 0 bridgehead atoms. The van der Waals surface area contributed by atoms with Crippen molar-refractivity contribution >= 4 is 39.5 Å². The predicted octanol–water partition coefficient (Wildman–Crippen LogP) is 3.35. The van der Waals surface area contributed by atoms with Gasteiger partial charge in [0.2, 0.25) is 0 Å². The number of hydrogen-bond acceptors (Lipinski definition) is 4. The van der Waals surface area contributed by atoms with Gasteiger partial charge in [0.15, 0.2) is 11.7 Å². The highest BCUT2D eigenvalue weighted by atomic mass is 32.2. The fourth-order valence-electron chi connectivity index (χ4n) is 1.48. The summed E-state index contributed by atoms with van der Waals surface area (Å²) in [6.45, 7) is 3.63. The molecule has 0 saturated carbocycles. The Bertz CT molecular complexity index is 629. The van der Waals surface area contributed by atoms with Crippen molar-refractivity contribution in [3.8, 4) is 0 Å². The fourth-order valence-corrected chi connectivity index (χ4v) is 3.62. The highest BCUT2D eigenvalue weighted by Crippen LogP contribution is 2.29. The smallest absolute Gasteiger partial charge is 0.199 e. The summed E-state index contributed by atoms with van der Waals surface area (Å²) in [6.07, 6.45) is 2.41. The third-order valence-corrected chi connectivity index (χ3v) is 4.72. The molecule has 1 aromatic carbocycles. The molecule has 0 aliphatic rings. The molecule has 0 atom stereocenters. The van der Waals surface area contributed by atoms with E-state index >= 15 is 0 Å². The van der Waals surface area contributed by atoms with Crippen LogP contribution in [0.15, 0.2) is 45.9 Å². The van der Waals surface area contributed by atoms with Gasteiger partial charge in [0, 0.05) is 15.8 Å². The van der Waals surface area contributed by atoms with Gasteiger partial charge < -0.3 is 0 Å². The van der Waals surface area contributed by atoms with Crippen LogP contribution >= 0.6 is 23.1 Å². The number of aldehydes is 1. The molecule has 1 heterocycles. The summed E-state index contributed by atoms with van der Waals surface area (Å²) >= 11 is 2.95. The first-order valence-corrected chi connectivity index (χ1v) is 6.83. The third-order valence-electron chi connectivity index (χ3n) is 2.25. The van der Waals surface area contributed by atoms with Crippen LogP contribution in [0.5, 0.6) is 0 Å². The van der Waals surface area contributed by atoms with Crippen molar-refractivity contribution < 1.29 is 4.79 Å². The Morgan fingerprint density at radius 2 is 2.12 bits per heavy atom. The van der Waals surface area contributed by atoms with Gasteiger partial charge in [0.25, 0.3) is 0 Å². The minimum absolute atomic E-state index is 0.180. The molecular formula is C13H10O2S2. The Kier molecular flexibility index (Phi) is 3.76. The van der Waals surface area contributed by atoms with E-state index in [2.05, 4.69) is 6.58 Å². The van der Waals surface area contributed by atoms with Gasteiger partial charge in [-0.3, -0.25) is 9.59 Å². The lowest BCUT2D eigenvalue weighted by molar-refractivity contribution is 0.112. The van der Waals surface area contributed by atoms with Gasteiger partial charge in [0.1, 0.15) is 0 Å². The van der Waals surface area contributed by atoms with Crippen LogP contribution in [-0.4, -0.2) is 12.0 Å². The molecule has 86 valence electrons. The monoisotopic (exact) mass is 262 g/mol. The Hall–Kier alpha value is -1.39. The van der Waals surface area contributed by atoms with Crippen molar-refractivity contribution in [3.63, 3.8) is 0 Å². The topological polar surface area (TPSA) is 34.1 Å². The first kappa shape index (κ1) is 12.1. The first-order valence-electron chi connectivity index (χ1n) is 5.02. The molecule has 0 aliphatic heterocycles. The fraction of sp³-hybridized carbons (Fsp3) is 0.0769. The summed E-state index contributed by atoms with van der Waals surface area (Å²) < 4.78 is 1.68.